The molecule has 0 saturated carbocycles. The Bertz CT molecular complexity index is 1300. The van der Waals surface area contributed by atoms with Crippen LogP contribution in [0.1, 0.15) is 33.4 Å². The Morgan fingerprint density at radius 2 is 1.62 bits per heavy atom. The Kier molecular flexibility index (Phi) is 7.26. The predicted octanol–water partition coefficient (Wildman–Crippen LogP) is 4.85. The molecule has 4 rings (SSSR count). The quantitative estimate of drug-likeness (QED) is 0.486. The molecule has 0 spiro atoms. The van der Waals surface area contributed by atoms with Crippen LogP contribution in [0.4, 0.5) is 0 Å². The summed E-state index contributed by atoms with van der Waals surface area (Å²) < 4.78 is 30.3. The number of hydrogen-bond donors (Lipinski definition) is 1. The molecule has 0 saturated heterocycles. The van der Waals surface area contributed by atoms with Crippen molar-refractivity contribution in [1.29, 1.82) is 0 Å². The van der Waals surface area contributed by atoms with Gasteiger partial charge in [-0.1, -0.05) is 70.0 Å². The highest BCUT2D eigenvalue weighted by atomic mass is 79.9. The van der Waals surface area contributed by atoms with Gasteiger partial charge in [0.25, 0.3) is 0 Å². The Labute approximate surface area is 210 Å². The smallest absolute Gasteiger partial charge is 0.244 e. The van der Waals surface area contributed by atoms with Crippen molar-refractivity contribution in [2.24, 2.45) is 0 Å². The molecule has 0 radical (unpaired) electrons. The van der Waals surface area contributed by atoms with E-state index in [9.17, 15) is 13.2 Å². The zero-order chi connectivity index (χ0) is 24.5. The lowest BCUT2D eigenvalue weighted by Gasteiger charge is -2.35. The Hall–Kier alpha value is -2.48. The number of amides is 1. The van der Waals surface area contributed by atoms with E-state index in [1.807, 2.05) is 81.4 Å². The molecule has 7 heteroatoms. The van der Waals surface area contributed by atoms with Gasteiger partial charge in [-0.25, -0.2) is 8.42 Å². The monoisotopic (exact) mass is 540 g/mol. The minimum atomic E-state index is -3.89. The van der Waals surface area contributed by atoms with E-state index >= 15 is 0 Å². The average molecular weight is 542 g/mol. The second kappa shape index (κ2) is 10.0. The Balaban J connectivity index is 1.62. The molecule has 3 aromatic rings. The summed E-state index contributed by atoms with van der Waals surface area (Å²) in [7, 11) is -3.89. The van der Waals surface area contributed by atoms with Crippen molar-refractivity contribution in [2.75, 3.05) is 6.54 Å². The number of hydrogen-bond acceptors (Lipinski definition) is 3. The molecule has 0 bridgehead atoms. The third-order valence-electron chi connectivity index (χ3n) is 6.31. The summed E-state index contributed by atoms with van der Waals surface area (Å²) in [6, 6.07) is 18.7. The number of halogens is 1. The minimum absolute atomic E-state index is 0.177. The number of rotatable bonds is 6. The van der Waals surface area contributed by atoms with Gasteiger partial charge in [0.2, 0.25) is 15.9 Å². The van der Waals surface area contributed by atoms with E-state index in [0.717, 1.165) is 26.7 Å². The number of nitrogens with one attached hydrogen (secondary N) is 1. The molecule has 0 aliphatic carbocycles. The van der Waals surface area contributed by atoms with E-state index in [-0.39, 0.29) is 12.5 Å². The number of carbonyl (C=O) groups is 1. The van der Waals surface area contributed by atoms with Crippen LogP contribution in [-0.2, 0) is 34.2 Å². The van der Waals surface area contributed by atoms with Crippen LogP contribution in [0, 0.1) is 20.8 Å². The summed E-state index contributed by atoms with van der Waals surface area (Å²) in [6.45, 7) is 6.20. The molecule has 3 aromatic carbocycles. The molecule has 34 heavy (non-hydrogen) atoms. The summed E-state index contributed by atoms with van der Waals surface area (Å²) in [6.07, 6.45) is 1.02. The van der Waals surface area contributed by atoms with Gasteiger partial charge < -0.3 is 5.32 Å². The standard InChI is InChI=1S/C27H29BrN2O3S/c1-18-14-19(2)26(20(3)15-18)34(32,33)30-17-23-7-5-4-6-22(23)16-25(30)27(31)29-13-12-21-8-10-24(28)11-9-21/h4-11,14-15,25H,12-13,16-17H2,1-3H3,(H,29,31). The second-order valence-electron chi connectivity index (χ2n) is 8.93. The van der Waals surface area contributed by atoms with Crippen LogP contribution in [0.15, 0.2) is 70.0 Å². The van der Waals surface area contributed by atoms with E-state index in [1.54, 1.807) is 0 Å². The summed E-state index contributed by atoms with van der Waals surface area (Å²) in [5, 5.41) is 2.98. The lowest BCUT2D eigenvalue weighted by molar-refractivity contribution is -0.125. The highest BCUT2D eigenvalue weighted by Gasteiger charge is 2.40. The van der Waals surface area contributed by atoms with Gasteiger partial charge in [-0.05, 0) is 73.6 Å². The first kappa shape index (κ1) is 24.6. The first-order valence-corrected chi connectivity index (χ1v) is 13.6. The summed E-state index contributed by atoms with van der Waals surface area (Å²) in [5.74, 6) is -0.266. The van der Waals surface area contributed by atoms with Gasteiger partial charge in [0, 0.05) is 17.6 Å². The lowest BCUT2D eigenvalue weighted by Crippen LogP contribution is -2.52. The lowest BCUT2D eigenvalue weighted by atomic mass is 9.95. The molecule has 1 atom stereocenters. The number of fused-ring (bicyclic) bond motifs is 1. The zero-order valence-electron chi connectivity index (χ0n) is 19.6. The van der Waals surface area contributed by atoms with Gasteiger partial charge in [-0.2, -0.15) is 4.31 Å². The van der Waals surface area contributed by atoms with E-state index in [1.165, 1.54) is 4.31 Å². The maximum atomic E-state index is 13.9. The van der Waals surface area contributed by atoms with Crippen molar-refractivity contribution >= 4 is 31.9 Å². The van der Waals surface area contributed by atoms with Crippen molar-refractivity contribution in [3.8, 4) is 0 Å². The molecule has 1 aliphatic heterocycles. The Morgan fingerprint density at radius 3 is 2.26 bits per heavy atom. The SMILES string of the molecule is Cc1cc(C)c(S(=O)(=O)N2Cc3ccccc3CC2C(=O)NCCc2ccc(Br)cc2)c(C)c1. The maximum Gasteiger partial charge on any atom is 0.244 e. The third kappa shape index (κ3) is 5.11. The molecular formula is C27H29BrN2O3S. The molecule has 1 aliphatic rings. The van der Waals surface area contributed by atoms with Crippen LogP contribution in [-0.4, -0.2) is 31.2 Å². The number of benzene rings is 3. The fourth-order valence-electron chi connectivity index (χ4n) is 4.76. The van der Waals surface area contributed by atoms with Gasteiger partial charge in [-0.15, -0.1) is 0 Å². The summed E-state index contributed by atoms with van der Waals surface area (Å²) in [5.41, 5.74) is 5.47. The van der Waals surface area contributed by atoms with E-state index in [4.69, 9.17) is 0 Å². The van der Waals surface area contributed by atoms with Crippen LogP contribution in [0.2, 0.25) is 0 Å². The number of nitrogens with zero attached hydrogens (tertiary/aromatic N) is 1. The molecule has 0 fully saturated rings. The predicted molar refractivity (Wildman–Crippen MR) is 138 cm³/mol. The van der Waals surface area contributed by atoms with Crippen LogP contribution in [0.3, 0.4) is 0 Å². The molecule has 0 aromatic heterocycles. The van der Waals surface area contributed by atoms with Gasteiger partial charge in [-0.3, -0.25) is 4.79 Å². The van der Waals surface area contributed by atoms with Crippen LogP contribution >= 0.6 is 15.9 Å². The van der Waals surface area contributed by atoms with Gasteiger partial charge in [0.05, 0.1) is 4.90 Å². The van der Waals surface area contributed by atoms with Crippen molar-refractivity contribution in [1.82, 2.24) is 9.62 Å². The summed E-state index contributed by atoms with van der Waals surface area (Å²) >= 11 is 3.43. The Morgan fingerprint density at radius 1 is 1.00 bits per heavy atom. The van der Waals surface area contributed by atoms with E-state index < -0.39 is 16.1 Å². The van der Waals surface area contributed by atoms with Crippen molar-refractivity contribution in [2.45, 2.75) is 51.1 Å². The zero-order valence-corrected chi connectivity index (χ0v) is 22.0. The topological polar surface area (TPSA) is 66.5 Å². The highest BCUT2D eigenvalue weighted by molar-refractivity contribution is 9.10. The maximum absolute atomic E-state index is 13.9. The van der Waals surface area contributed by atoms with Gasteiger partial charge in [0.15, 0.2) is 0 Å². The fourth-order valence-corrected chi connectivity index (χ4v) is 7.01. The normalized spacial score (nSPS) is 16.2. The molecule has 5 nitrogen and oxygen atoms in total. The number of carbonyl (C=O) groups excluding carboxylic acids is 1. The van der Waals surface area contributed by atoms with Crippen LogP contribution < -0.4 is 5.32 Å². The fraction of sp³-hybridized carbons (Fsp3) is 0.296. The largest absolute Gasteiger partial charge is 0.354 e. The molecule has 1 unspecified atom stereocenters. The molecule has 178 valence electrons. The first-order chi connectivity index (χ1) is 16.2. The van der Waals surface area contributed by atoms with E-state index in [0.29, 0.717) is 35.4 Å². The molecule has 1 N–H and O–H groups in total. The molecule has 1 amide bonds. The third-order valence-corrected chi connectivity index (χ3v) is 9.00. The molecule has 1 heterocycles. The van der Waals surface area contributed by atoms with E-state index in [2.05, 4.69) is 21.2 Å². The number of aryl methyl sites for hydroxylation is 3. The molecular weight excluding hydrogens is 512 g/mol. The first-order valence-electron chi connectivity index (χ1n) is 11.4. The van der Waals surface area contributed by atoms with Crippen molar-refractivity contribution in [3.05, 3.63) is 98.5 Å². The van der Waals surface area contributed by atoms with Crippen LogP contribution in [0.5, 0.6) is 0 Å². The van der Waals surface area contributed by atoms with Crippen molar-refractivity contribution < 1.29 is 13.2 Å². The van der Waals surface area contributed by atoms with Crippen LogP contribution in [0.25, 0.3) is 0 Å². The van der Waals surface area contributed by atoms with Crippen molar-refractivity contribution in [3.63, 3.8) is 0 Å². The minimum Gasteiger partial charge on any atom is -0.354 e. The highest BCUT2D eigenvalue weighted by Crippen LogP contribution is 2.32. The number of sulfonamides is 1. The second-order valence-corrected chi connectivity index (χ2v) is 11.7. The van der Waals surface area contributed by atoms with Gasteiger partial charge in [0.1, 0.15) is 6.04 Å². The van der Waals surface area contributed by atoms with Gasteiger partial charge >= 0.3 is 0 Å². The summed E-state index contributed by atoms with van der Waals surface area (Å²) in [4.78, 5) is 13.6. The average Bonchev–Trinajstić information content (AvgIpc) is 2.78.